The van der Waals surface area contributed by atoms with Gasteiger partial charge in [0, 0.05) is 0 Å². The Morgan fingerprint density at radius 2 is 2.10 bits per heavy atom. The minimum absolute atomic E-state index is 0.183. The van der Waals surface area contributed by atoms with E-state index in [2.05, 4.69) is 4.74 Å². The van der Waals surface area contributed by atoms with E-state index in [-0.39, 0.29) is 6.47 Å². The first-order chi connectivity index (χ1) is 4.45. The lowest BCUT2D eigenvalue weighted by Crippen LogP contribution is -2.33. The minimum Gasteiger partial charge on any atom is -0.448 e. The van der Waals surface area contributed by atoms with Crippen molar-refractivity contribution in [3.63, 3.8) is 0 Å². The quantitative estimate of drug-likeness (QED) is 0.433. The third kappa shape index (κ3) is 5.52. The maximum atomic E-state index is 10.4. The van der Waals surface area contributed by atoms with Gasteiger partial charge in [-0.15, -0.1) is 0 Å². The van der Waals surface area contributed by atoms with Crippen molar-refractivity contribution in [2.45, 2.75) is 13.2 Å². The van der Waals surface area contributed by atoms with Crippen LogP contribution in [0.5, 0.6) is 0 Å². The molecule has 1 N–H and O–H groups in total. The Kier molecular flexibility index (Phi) is 3.31. The Morgan fingerprint density at radius 3 is 2.40 bits per heavy atom. The second-order valence-corrected chi connectivity index (χ2v) is 3.54. The summed E-state index contributed by atoms with van der Waals surface area (Å²) in [6, 6.07) is 0. The lowest BCUT2D eigenvalue weighted by Gasteiger charge is -2.08. The second kappa shape index (κ2) is 3.52. The van der Waals surface area contributed by atoms with Crippen LogP contribution in [0.15, 0.2) is 0 Å². The SMILES string of the molecule is CC(NS(C)(=O)=O)OC=O. The molecule has 0 heterocycles. The van der Waals surface area contributed by atoms with Crippen LogP contribution in [0.3, 0.4) is 0 Å². The Morgan fingerprint density at radius 1 is 1.60 bits per heavy atom. The van der Waals surface area contributed by atoms with Crippen LogP contribution in [0.25, 0.3) is 0 Å². The molecule has 0 radical (unpaired) electrons. The summed E-state index contributed by atoms with van der Waals surface area (Å²) in [7, 11) is -3.28. The molecule has 0 fully saturated rings. The molecule has 6 heteroatoms. The summed E-state index contributed by atoms with van der Waals surface area (Å²) in [5, 5.41) is 0. The van der Waals surface area contributed by atoms with Crippen LogP contribution in [0.2, 0.25) is 0 Å². The van der Waals surface area contributed by atoms with Gasteiger partial charge in [0.2, 0.25) is 10.0 Å². The molecule has 60 valence electrons. The van der Waals surface area contributed by atoms with Crippen LogP contribution in [-0.4, -0.2) is 27.4 Å². The zero-order valence-corrected chi connectivity index (χ0v) is 6.51. The summed E-state index contributed by atoms with van der Waals surface area (Å²) in [6.07, 6.45) is 0.185. The van der Waals surface area contributed by atoms with Gasteiger partial charge in [-0.3, -0.25) is 4.79 Å². The van der Waals surface area contributed by atoms with Crippen molar-refractivity contribution < 1.29 is 17.9 Å². The van der Waals surface area contributed by atoms with E-state index in [4.69, 9.17) is 0 Å². The van der Waals surface area contributed by atoms with E-state index in [0.717, 1.165) is 6.26 Å². The molecule has 1 atom stereocenters. The van der Waals surface area contributed by atoms with E-state index in [1.165, 1.54) is 6.92 Å². The van der Waals surface area contributed by atoms with Gasteiger partial charge in [0.15, 0.2) is 6.23 Å². The molecule has 0 rings (SSSR count). The third-order valence-electron chi connectivity index (χ3n) is 0.640. The topological polar surface area (TPSA) is 72.5 Å². The molecule has 0 spiro atoms. The number of hydrogen-bond donors (Lipinski definition) is 1. The lowest BCUT2D eigenvalue weighted by atomic mass is 10.7. The Bertz CT molecular complexity index is 197. The van der Waals surface area contributed by atoms with Gasteiger partial charge in [-0.1, -0.05) is 0 Å². The Hall–Kier alpha value is -0.620. The molecule has 0 aliphatic rings. The predicted molar refractivity (Wildman–Crippen MR) is 34.6 cm³/mol. The van der Waals surface area contributed by atoms with E-state index in [0.29, 0.717) is 0 Å². The molecule has 10 heavy (non-hydrogen) atoms. The molecular formula is C4H9NO4S. The van der Waals surface area contributed by atoms with Crippen LogP contribution < -0.4 is 4.72 Å². The molecule has 0 aliphatic heterocycles. The van der Waals surface area contributed by atoms with Crippen molar-refractivity contribution >= 4 is 16.5 Å². The number of rotatable bonds is 4. The monoisotopic (exact) mass is 167 g/mol. The summed E-state index contributed by atoms with van der Waals surface area (Å²) >= 11 is 0. The van der Waals surface area contributed by atoms with E-state index >= 15 is 0 Å². The minimum atomic E-state index is -3.28. The van der Waals surface area contributed by atoms with E-state index in [9.17, 15) is 13.2 Å². The summed E-state index contributed by atoms with van der Waals surface area (Å²) in [5.74, 6) is 0. The van der Waals surface area contributed by atoms with Gasteiger partial charge >= 0.3 is 0 Å². The van der Waals surface area contributed by atoms with Crippen molar-refractivity contribution in [2.24, 2.45) is 0 Å². The third-order valence-corrected chi connectivity index (χ3v) is 1.40. The fraction of sp³-hybridized carbons (Fsp3) is 0.750. The predicted octanol–water partition coefficient (Wildman–Crippen LogP) is -0.945. The first-order valence-electron chi connectivity index (χ1n) is 2.52. The molecule has 0 aliphatic carbocycles. The van der Waals surface area contributed by atoms with Crippen LogP contribution in [0.1, 0.15) is 6.92 Å². The zero-order valence-electron chi connectivity index (χ0n) is 5.70. The molecule has 1 unspecified atom stereocenters. The molecule has 0 aromatic carbocycles. The van der Waals surface area contributed by atoms with Gasteiger partial charge in [-0.2, -0.15) is 4.72 Å². The molecular weight excluding hydrogens is 158 g/mol. The number of ether oxygens (including phenoxy) is 1. The maximum absolute atomic E-state index is 10.4. The van der Waals surface area contributed by atoms with Gasteiger partial charge in [-0.25, -0.2) is 8.42 Å². The van der Waals surface area contributed by atoms with E-state index in [1.807, 2.05) is 4.72 Å². The number of carbonyl (C=O) groups is 1. The highest BCUT2D eigenvalue weighted by Gasteiger charge is 2.06. The number of nitrogens with one attached hydrogen (secondary N) is 1. The first-order valence-corrected chi connectivity index (χ1v) is 4.41. The van der Waals surface area contributed by atoms with Crippen molar-refractivity contribution in [3.05, 3.63) is 0 Å². The second-order valence-electron chi connectivity index (χ2n) is 1.76. The fourth-order valence-corrected chi connectivity index (χ4v) is 1.07. The fourth-order valence-electron chi connectivity index (χ4n) is 0.413. The van der Waals surface area contributed by atoms with Gasteiger partial charge in [0.25, 0.3) is 6.47 Å². The van der Waals surface area contributed by atoms with Crippen LogP contribution >= 0.6 is 0 Å². The average molecular weight is 167 g/mol. The van der Waals surface area contributed by atoms with Crippen LogP contribution in [-0.2, 0) is 19.6 Å². The molecule has 0 saturated heterocycles. The summed E-state index contributed by atoms with van der Waals surface area (Å²) in [6.45, 7) is 1.60. The highest BCUT2D eigenvalue weighted by molar-refractivity contribution is 7.88. The van der Waals surface area contributed by atoms with E-state index in [1.54, 1.807) is 0 Å². The van der Waals surface area contributed by atoms with Gasteiger partial charge in [0.1, 0.15) is 0 Å². The van der Waals surface area contributed by atoms with E-state index < -0.39 is 16.3 Å². The molecule has 0 amide bonds. The summed E-state index contributed by atoms with van der Waals surface area (Å²) in [5.41, 5.74) is 0. The molecule has 0 aromatic rings. The molecule has 0 aromatic heterocycles. The van der Waals surface area contributed by atoms with Crippen molar-refractivity contribution in [3.8, 4) is 0 Å². The summed E-state index contributed by atoms with van der Waals surface area (Å²) < 4.78 is 27.1. The lowest BCUT2D eigenvalue weighted by molar-refractivity contribution is -0.133. The standard InChI is InChI=1S/C4H9NO4S/c1-4(9-3-6)5-10(2,7)8/h3-5H,1-2H3. The van der Waals surface area contributed by atoms with Crippen LogP contribution in [0.4, 0.5) is 0 Å². The molecule has 0 bridgehead atoms. The van der Waals surface area contributed by atoms with Gasteiger partial charge in [-0.05, 0) is 6.92 Å². The highest BCUT2D eigenvalue weighted by atomic mass is 32.2. The van der Waals surface area contributed by atoms with Crippen LogP contribution in [0, 0.1) is 0 Å². The van der Waals surface area contributed by atoms with Gasteiger partial charge in [0.05, 0.1) is 6.26 Å². The highest BCUT2D eigenvalue weighted by Crippen LogP contribution is 1.84. The Balaban J connectivity index is 3.80. The molecule has 0 saturated carbocycles. The number of carbonyl (C=O) groups excluding carboxylic acids is 1. The van der Waals surface area contributed by atoms with Crippen molar-refractivity contribution in [1.82, 2.24) is 4.72 Å². The average Bonchev–Trinajstić information content (AvgIpc) is 1.59. The smallest absolute Gasteiger partial charge is 0.294 e. The van der Waals surface area contributed by atoms with Crippen molar-refractivity contribution in [2.75, 3.05) is 6.26 Å². The zero-order chi connectivity index (χ0) is 8.20. The number of hydrogen-bond acceptors (Lipinski definition) is 4. The Labute approximate surface area is 59.4 Å². The summed E-state index contributed by atoms with van der Waals surface area (Å²) in [4.78, 5) is 9.64. The largest absolute Gasteiger partial charge is 0.448 e. The molecule has 5 nitrogen and oxygen atoms in total. The maximum Gasteiger partial charge on any atom is 0.294 e. The van der Waals surface area contributed by atoms with Gasteiger partial charge < -0.3 is 4.74 Å². The van der Waals surface area contributed by atoms with Crippen molar-refractivity contribution in [1.29, 1.82) is 0 Å². The first kappa shape index (κ1) is 9.38. The normalized spacial score (nSPS) is 14.2. The number of sulfonamides is 1.